The fourth-order valence-electron chi connectivity index (χ4n) is 3.09. The number of benzene rings is 2. The third-order valence-corrected chi connectivity index (χ3v) is 6.96. The summed E-state index contributed by atoms with van der Waals surface area (Å²) in [6.45, 7) is 0. The summed E-state index contributed by atoms with van der Waals surface area (Å²) in [4.78, 5) is 25.4. The van der Waals surface area contributed by atoms with Gasteiger partial charge in [-0.25, -0.2) is 4.79 Å². The van der Waals surface area contributed by atoms with Gasteiger partial charge in [-0.3, -0.25) is 4.79 Å². The Balaban J connectivity index is 1.73. The molecule has 140 valence electrons. The molecule has 0 aliphatic rings. The molecule has 0 amide bonds. The molecule has 0 radical (unpaired) electrons. The lowest BCUT2D eigenvalue weighted by atomic mass is 9.99. The Hall–Kier alpha value is -2.18. The standard InChI is InChI=1S/C21H12Cl2O3S2/c22-12-5-6-14(16(23)8-12)20-19(21(25)26)11(9-28-20)7-17(24)15-10-27-18-4-2-1-3-13(15)18/h1-6,8-10H,7H2,(H,25,26). The van der Waals surface area contributed by atoms with Gasteiger partial charge in [0, 0.05) is 38.0 Å². The minimum Gasteiger partial charge on any atom is -0.478 e. The quantitative estimate of drug-likeness (QED) is 0.333. The molecule has 2 aromatic heterocycles. The summed E-state index contributed by atoms with van der Waals surface area (Å²) in [5.41, 5.74) is 1.81. The van der Waals surface area contributed by atoms with Crippen LogP contribution in [0.3, 0.4) is 0 Å². The molecule has 0 saturated carbocycles. The predicted octanol–water partition coefficient (Wildman–Crippen LogP) is 7.06. The van der Waals surface area contributed by atoms with Crippen LogP contribution >= 0.6 is 45.9 Å². The van der Waals surface area contributed by atoms with Crippen molar-refractivity contribution in [3.05, 3.63) is 80.0 Å². The van der Waals surface area contributed by atoms with E-state index in [4.69, 9.17) is 23.2 Å². The number of rotatable bonds is 5. The van der Waals surface area contributed by atoms with Gasteiger partial charge in [-0.2, -0.15) is 0 Å². The lowest BCUT2D eigenvalue weighted by Gasteiger charge is -2.06. The first-order valence-electron chi connectivity index (χ1n) is 8.24. The van der Waals surface area contributed by atoms with Crippen molar-refractivity contribution in [1.82, 2.24) is 0 Å². The SMILES string of the molecule is O=C(O)c1c(CC(=O)c2csc3ccccc23)csc1-c1ccc(Cl)cc1Cl. The van der Waals surface area contributed by atoms with E-state index >= 15 is 0 Å². The predicted molar refractivity (Wildman–Crippen MR) is 117 cm³/mol. The number of Topliss-reactive ketones (excluding diaryl/α,β-unsaturated/α-hetero) is 1. The third-order valence-electron chi connectivity index (χ3n) is 4.39. The Labute approximate surface area is 178 Å². The number of aromatic carboxylic acids is 1. The molecule has 2 heterocycles. The fraction of sp³-hybridized carbons (Fsp3) is 0.0476. The fourth-order valence-corrected chi connectivity index (χ4v) is 5.72. The monoisotopic (exact) mass is 446 g/mol. The zero-order valence-electron chi connectivity index (χ0n) is 14.2. The van der Waals surface area contributed by atoms with E-state index in [-0.39, 0.29) is 17.8 Å². The highest BCUT2D eigenvalue weighted by Crippen LogP contribution is 2.39. The Morgan fingerprint density at radius 1 is 1.00 bits per heavy atom. The number of carbonyl (C=O) groups is 2. The second-order valence-corrected chi connectivity index (χ2v) is 8.77. The lowest BCUT2D eigenvalue weighted by molar-refractivity contribution is 0.0697. The molecule has 3 nitrogen and oxygen atoms in total. The van der Waals surface area contributed by atoms with Crippen molar-refractivity contribution < 1.29 is 14.7 Å². The van der Waals surface area contributed by atoms with Gasteiger partial charge in [-0.1, -0.05) is 47.5 Å². The van der Waals surface area contributed by atoms with Crippen molar-refractivity contribution in [3.8, 4) is 10.4 Å². The number of hydrogen-bond acceptors (Lipinski definition) is 4. The molecule has 0 unspecified atom stereocenters. The van der Waals surface area contributed by atoms with Crippen LogP contribution in [-0.4, -0.2) is 16.9 Å². The van der Waals surface area contributed by atoms with Crippen molar-refractivity contribution in [2.45, 2.75) is 6.42 Å². The van der Waals surface area contributed by atoms with Crippen molar-refractivity contribution in [3.63, 3.8) is 0 Å². The van der Waals surface area contributed by atoms with Crippen LogP contribution in [-0.2, 0) is 6.42 Å². The Morgan fingerprint density at radius 2 is 1.79 bits per heavy atom. The first-order chi connectivity index (χ1) is 13.5. The van der Waals surface area contributed by atoms with Crippen molar-refractivity contribution in [1.29, 1.82) is 0 Å². The lowest BCUT2D eigenvalue weighted by Crippen LogP contribution is -2.07. The number of carboxylic acids is 1. The molecule has 0 bridgehead atoms. The minimum absolute atomic E-state index is 0.0179. The van der Waals surface area contributed by atoms with Gasteiger partial charge in [-0.15, -0.1) is 22.7 Å². The van der Waals surface area contributed by atoms with E-state index in [1.54, 1.807) is 23.6 Å². The van der Waals surface area contributed by atoms with Crippen LogP contribution in [0.1, 0.15) is 26.3 Å². The number of ketones is 1. The van der Waals surface area contributed by atoms with Crippen molar-refractivity contribution in [2.24, 2.45) is 0 Å². The molecule has 0 atom stereocenters. The summed E-state index contributed by atoms with van der Waals surface area (Å²) in [6, 6.07) is 12.6. The first kappa shape index (κ1) is 19.2. The minimum atomic E-state index is -1.08. The second-order valence-electron chi connectivity index (χ2n) is 6.14. The van der Waals surface area contributed by atoms with Crippen LogP contribution in [0.4, 0.5) is 0 Å². The smallest absolute Gasteiger partial charge is 0.337 e. The molecule has 4 rings (SSSR count). The highest BCUT2D eigenvalue weighted by Gasteiger charge is 2.23. The first-order valence-corrected chi connectivity index (χ1v) is 10.8. The summed E-state index contributed by atoms with van der Waals surface area (Å²) in [5, 5.41) is 15.1. The van der Waals surface area contributed by atoms with Crippen molar-refractivity contribution in [2.75, 3.05) is 0 Å². The van der Waals surface area contributed by atoms with Crippen LogP contribution < -0.4 is 0 Å². The van der Waals surface area contributed by atoms with Gasteiger partial charge in [0.05, 0.1) is 15.5 Å². The zero-order chi connectivity index (χ0) is 19.8. The molecular weight excluding hydrogens is 435 g/mol. The van der Waals surface area contributed by atoms with E-state index in [1.165, 1.54) is 22.7 Å². The molecule has 0 saturated heterocycles. The van der Waals surface area contributed by atoms with Gasteiger partial charge >= 0.3 is 5.97 Å². The molecule has 0 spiro atoms. The number of carboxylic acid groups (broad SMARTS) is 1. The van der Waals surface area contributed by atoms with E-state index in [0.29, 0.717) is 31.6 Å². The maximum absolute atomic E-state index is 12.9. The van der Waals surface area contributed by atoms with E-state index < -0.39 is 5.97 Å². The number of fused-ring (bicyclic) bond motifs is 1. The number of hydrogen-bond donors (Lipinski definition) is 1. The molecule has 4 aromatic rings. The topological polar surface area (TPSA) is 54.4 Å². The van der Waals surface area contributed by atoms with E-state index in [2.05, 4.69) is 0 Å². The van der Waals surface area contributed by atoms with Crippen LogP contribution in [0.15, 0.2) is 53.2 Å². The van der Waals surface area contributed by atoms with Gasteiger partial charge < -0.3 is 5.11 Å². The Morgan fingerprint density at radius 3 is 2.54 bits per heavy atom. The summed E-state index contributed by atoms with van der Waals surface area (Å²) < 4.78 is 1.03. The maximum Gasteiger partial charge on any atom is 0.337 e. The average molecular weight is 447 g/mol. The van der Waals surface area contributed by atoms with Gasteiger partial charge in [0.15, 0.2) is 5.78 Å². The Kier molecular flexibility index (Phi) is 5.25. The normalized spacial score (nSPS) is 11.1. The second kappa shape index (κ2) is 7.68. The summed E-state index contributed by atoms with van der Waals surface area (Å²) in [6.07, 6.45) is 0.0179. The van der Waals surface area contributed by atoms with Crippen LogP contribution in [0.5, 0.6) is 0 Å². The van der Waals surface area contributed by atoms with Crippen LogP contribution in [0, 0.1) is 0 Å². The zero-order valence-corrected chi connectivity index (χ0v) is 17.4. The van der Waals surface area contributed by atoms with Gasteiger partial charge in [0.2, 0.25) is 0 Å². The highest BCUT2D eigenvalue weighted by molar-refractivity contribution is 7.17. The molecule has 28 heavy (non-hydrogen) atoms. The van der Waals surface area contributed by atoms with E-state index in [9.17, 15) is 14.7 Å². The average Bonchev–Trinajstić information content (AvgIpc) is 3.26. The number of carbonyl (C=O) groups excluding carboxylic acids is 1. The largest absolute Gasteiger partial charge is 0.478 e. The molecular formula is C21H12Cl2O3S2. The Bertz CT molecular complexity index is 1220. The molecule has 2 aromatic carbocycles. The molecule has 0 aliphatic carbocycles. The van der Waals surface area contributed by atoms with E-state index in [1.807, 2.05) is 29.6 Å². The number of thiophene rings is 2. The van der Waals surface area contributed by atoms with E-state index in [0.717, 1.165) is 10.1 Å². The summed E-state index contributed by atoms with van der Waals surface area (Å²) >= 11 is 15.0. The molecule has 1 N–H and O–H groups in total. The van der Waals surface area contributed by atoms with Gasteiger partial charge in [0.1, 0.15) is 0 Å². The third kappa shape index (κ3) is 3.47. The van der Waals surface area contributed by atoms with Crippen molar-refractivity contribution >= 4 is 67.7 Å². The van der Waals surface area contributed by atoms with Gasteiger partial charge in [0.25, 0.3) is 0 Å². The molecule has 7 heteroatoms. The summed E-state index contributed by atoms with van der Waals surface area (Å²) in [5.74, 6) is -1.19. The molecule has 0 fully saturated rings. The van der Waals surface area contributed by atoms with Crippen LogP contribution in [0.25, 0.3) is 20.5 Å². The highest BCUT2D eigenvalue weighted by atomic mass is 35.5. The molecule has 0 aliphatic heterocycles. The van der Waals surface area contributed by atoms with Crippen LogP contribution in [0.2, 0.25) is 10.0 Å². The maximum atomic E-state index is 12.9. The van der Waals surface area contributed by atoms with Gasteiger partial charge in [-0.05, 0) is 29.1 Å². The summed E-state index contributed by atoms with van der Waals surface area (Å²) in [7, 11) is 0. The number of halogens is 2.